The second-order valence-corrected chi connectivity index (χ2v) is 6.22. The summed E-state index contributed by atoms with van der Waals surface area (Å²) in [5, 5.41) is 3.29. The number of hydrogen-bond donors (Lipinski definition) is 1. The van der Waals surface area contributed by atoms with Gasteiger partial charge in [-0.2, -0.15) is 0 Å². The zero-order valence-electron chi connectivity index (χ0n) is 12.5. The lowest BCUT2D eigenvalue weighted by molar-refractivity contribution is -0.132. The van der Waals surface area contributed by atoms with Crippen LogP contribution in [0.5, 0.6) is 0 Å². The Labute approximate surface area is 117 Å². The Kier molecular flexibility index (Phi) is 5.64. The minimum atomic E-state index is 0.342. The van der Waals surface area contributed by atoms with Gasteiger partial charge in [0.1, 0.15) is 0 Å². The number of amides is 1. The van der Waals surface area contributed by atoms with Gasteiger partial charge in [-0.15, -0.1) is 0 Å². The molecule has 0 aromatic heterocycles. The Morgan fingerprint density at radius 1 is 1.21 bits per heavy atom. The number of rotatable bonds is 4. The number of carbonyl (C=O) groups is 1. The predicted molar refractivity (Wildman–Crippen MR) is 78.1 cm³/mol. The van der Waals surface area contributed by atoms with E-state index in [1.54, 1.807) is 0 Å². The van der Waals surface area contributed by atoms with Crippen molar-refractivity contribution < 1.29 is 4.79 Å². The fraction of sp³-hybridized carbons (Fsp3) is 0.933. The summed E-state index contributed by atoms with van der Waals surface area (Å²) < 4.78 is 0. The molecule has 0 bridgehead atoms. The number of likely N-dealkylation sites (tertiary alicyclic amines) is 1. The number of nitrogens with zero attached hydrogens (tertiary/aromatic N) is 2. The molecule has 0 aromatic carbocycles. The van der Waals surface area contributed by atoms with E-state index < -0.39 is 0 Å². The van der Waals surface area contributed by atoms with E-state index in [-0.39, 0.29) is 0 Å². The zero-order valence-corrected chi connectivity index (χ0v) is 12.5. The fourth-order valence-corrected chi connectivity index (χ4v) is 3.36. The van der Waals surface area contributed by atoms with Crippen molar-refractivity contribution in [1.82, 2.24) is 15.1 Å². The molecule has 0 aromatic rings. The summed E-state index contributed by atoms with van der Waals surface area (Å²) in [5.74, 6) is 1.05. The Morgan fingerprint density at radius 2 is 1.95 bits per heavy atom. The highest BCUT2D eigenvalue weighted by Gasteiger charge is 2.26. The highest BCUT2D eigenvalue weighted by atomic mass is 16.2. The van der Waals surface area contributed by atoms with Crippen LogP contribution in [-0.4, -0.2) is 61.0 Å². The van der Waals surface area contributed by atoms with Crippen LogP contribution in [0.1, 0.15) is 39.5 Å². The molecule has 1 N–H and O–H groups in total. The Balaban J connectivity index is 1.77. The highest BCUT2D eigenvalue weighted by molar-refractivity contribution is 5.76. The number of carbonyl (C=O) groups excluding carboxylic acids is 1. The van der Waals surface area contributed by atoms with Crippen molar-refractivity contribution in [1.29, 1.82) is 0 Å². The van der Waals surface area contributed by atoms with Crippen molar-refractivity contribution in [3.8, 4) is 0 Å². The third kappa shape index (κ3) is 4.18. The molecule has 0 aliphatic carbocycles. The summed E-state index contributed by atoms with van der Waals surface area (Å²) in [5.41, 5.74) is 0. The molecular weight excluding hydrogens is 238 g/mol. The lowest BCUT2D eigenvalue weighted by Crippen LogP contribution is -2.48. The minimum Gasteiger partial charge on any atom is -0.340 e. The van der Waals surface area contributed by atoms with Gasteiger partial charge in [0.2, 0.25) is 5.91 Å². The van der Waals surface area contributed by atoms with Gasteiger partial charge in [-0.05, 0) is 25.3 Å². The SMILES string of the molecule is CC(C)C1CCCCN1CCC(=O)N1CCNCC1. The lowest BCUT2D eigenvalue weighted by atomic mass is 9.92. The normalized spacial score (nSPS) is 25.8. The van der Waals surface area contributed by atoms with Gasteiger partial charge in [-0.25, -0.2) is 0 Å². The summed E-state index contributed by atoms with van der Waals surface area (Å²) in [7, 11) is 0. The first-order chi connectivity index (χ1) is 9.18. The molecule has 0 radical (unpaired) electrons. The largest absolute Gasteiger partial charge is 0.340 e. The maximum Gasteiger partial charge on any atom is 0.223 e. The van der Waals surface area contributed by atoms with Crippen LogP contribution in [0.3, 0.4) is 0 Å². The first-order valence-corrected chi connectivity index (χ1v) is 7.91. The van der Waals surface area contributed by atoms with Gasteiger partial charge in [0.15, 0.2) is 0 Å². The van der Waals surface area contributed by atoms with Crippen molar-refractivity contribution >= 4 is 5.91 Å². The molecule has 2 fully saturated rings. The quantitative estimate of drug-likeness (QED) is 0.834. The Bertz CT molecular complexity index is 287. The van der Waals surface area contributed by atoms with Crippen molar-refractivity contribution in [2.45, 2.75) is 45.6 Å². The van der Waals surface area contributed by atoms with Crippen LogP contribution < -0.4 is 5.32 Å². The van der Waals surface area contributed by atoms with E-state index in [2.05, 4.69) is 24.1 Å². The molecule has 2 heterocycles. The molecule has 110 valence electrons. The monoisotopic (exact) mass is 267 g/mol. The van der Waals surface area contributed by atoms with E-state index in [1.807, 2.05) is 4.90 Å². The van der Waals surface area contributed by atoms with Crippen molar-refractivity contribution in [3.63, 3.8) is 0 Å². The van der Waals surface area contributed by atoms with Crippen molar-refractivity contribution in [2.24, 2.45) is 5.92 Å². The topological polar surface area (TPSA) is 35.6 Å². The van der Waals surface area contributed by atoms with Gasteiger partial charge in [0.25, 0.3) is 0 Å². The van der Waals surface area contributed by atoms with Gasteiger partial charge >= 0.3 is 0 Å². The predicted octanol–water partition coefficient (Wildman–Crippen LogP) is 1.32. The van der Waals surface area contributed by atoms with E-state index in [4.69, 9.17) is 0 Å². The van der Waals surface area contributed by atoms with Crippen LogP contribution in [0.25, 0.3) is 0 Å². The molecular formula is C15H29N3O. The third-order valence-electron chi connectivity index (χ3n) is 4.52. The minimum absolute atomic E-state index is 0.342. The Morgan fingerprint density at radius 3 is 2.63 bits per heavy atom. The molecule has 2 rings (SSSR count). The van der Waals surface area contributed by atoms with Crippen molar-refractivity contribution in [3.05, 3.63) is 0 Å². The summed E-state index contributed by atoms with van der Waals surface area (Å²) in [6.45, 7) is 10.4. The Hall–Kier alpha value is -0.610. The second kappa shape index (κ2) is 7.25. The van der Waals surface area contributed by atoms with E-state index in [0.717, 1.165) is 32.7 Å². The van der Waals surface area contributed by atoms with Crippen molar-refractivity contribution in [2.75, 3.05) is 39.3 Å². The second-order valence-electron chi connectivity index (χ2n) is 6.22. The molecule has 2 saturated heterocycles. The van der Waals surface area contributed by atoms with Crippen LogP contribution in [0, 0.1) is 5.92 Å². The molecule has 1 atom stereocenters. The first kappa shape index (κ1) is 14.8. The van der Waals surface area contributed by atoms with Crippen LogP contribution in [0.2, 0.25) is 0 Å². The van der Waals surface area contributed by atoms with E-state index in [9.17, 15) is 4.79 Å². The number of piperazine rings is 1. The third-order valence-corrected chi connectivity index (χ3v) is 4.52. The summed E-state index contributed by atoms with van der Waals surface area (Å²) in [6, 6.07) is 0.685. The van der Waals surface area contributed by atoms with Crippen LogP contribution >= 0.6 is 0 Å². The molecule has 2 aliphatic heterocycles. The summed E-state index contributed by atoms with van der Waals surface area (Å²) in [4.78, 5) is 16.8. The molecule has 4 heteroatoms. The first-order valence-electron chi connectivity index (χ1n) is 7.91. The van der Waals surface area contributed by atoms with Crippen LogP contribution in [0.4, 0.5) is 0 Å². The summed E-state index contributed by atoms with van der Waals surface area (Å²) >= 11 is 0. The van der Waals surface area contributed by atoms with Gasteiger partial charge in [0.05, 0.1) is 0 Å². The maximum absolute atomic E-state index is 12.2. The standard InChI is InChI=1S/C15H29N3O/c1-13(2)14-5-3-4-9-17(14)10-6-15(19)18-11-7-16-8-12-18/h13-14,16H,3-12H2,1-2H3. The molecule has 19 heavy (non-hydrogen) atoms. The van der Waals surface area contributed by atoms with Crippen LogP contribution in [0.15, 0.2) is 0 Å². The zero-order chi connectivity index (χ0) is 13.7. The molecule has 2 aliphatic rings. The fourth-order valence-electron chi connectivity index (χ4n) is 3.36. The molecule has 1 unspecified atom stereocenters. The van der Waals surface area contributed by atoms with E-state index in [0.29, 0.717) is 24.3 Å². The molecule has 0 spiro atoms. The van der Waals surface area contributed by atoms with Crippen LogP contribution in [-0.2, 0) is 4.79 Å². The van der Waals surface area contributed by atoms with Gasteiger partial charge in [-0.3, -0.25) is 9.69 Å². The average Bonchev–Trinajstić information content (AvgIpc) is 2.46. The highest BCUT2D eigenvalue weighted by Crippen LogP contribution is 2.23. The molecule has 1 amide bonds. The van der Waals surface area contributed by atoms with E-state index in [1.165, 1.54) is 25.8 Å². The summed E-state index contributed by atoms with van der Waals surface area (Å²) in [6.07, 6.45) is 4.65. The number of piperidine rings is 1. The van der Waals surface area contributed by atoms with Gasteiger partial charge in [0, 0.05) is 45.2 Å². The van der Waals surface area contributed by atoms with E-state index >= 15 is 0 Å². The molecule has 4 nitrogen and oxygen atoms in total. The maximum atomic E-state index is 12.2. The number of hydrogen-bond acceptors (Lipinski definition) is 3. The average molecular weight is 267 g/mol. The lowest BCUT2D eigenvalue weighted by Gasteiger charge is -2.38. The number of nitrogens with one attached hydrogen (secondary N) is 1. The molecule has 0 saturated carbocycles. The van der Waals surface area contributed by atoms with Gasteiger partial charge in [-0.1, -0.05) is 20.3 Å². The smallest absolute Gasteiger partial charge is 0.223 e. The van der Waals surface area contributed by atoms with Gasteiger partial charge < -0.3 is 10.2 Å².